The van der Waals surface area contributed by atoms with Gasteiger partial charge in [-0.3, -0.25) is 4.55 Å². The summed E-state index contributed by atoms with van der Waals surface area (Å²) in [6.07, 6.45) is 8.31. The average molecular weight is 286 g/mol. The molecule has 0 aliphatic rings. The Labute approximate surface area is 109 Å². The molecule has 4 nitrogen and oxygen atoms in total. The Kier molecular flexibility index (Phi) is 14.7. The molecule has 0 saturated heterocycles. The molecular weight excluding hydrogens is 259 g/mol. The summed E-state index contributed by atoms with van der Waals surface area (Å²) >= 11 is 0. The third-order valence-corrected chi connectivity index (χ3v) is 3.30. The molecule has 0 fully saturated rings. The van der Waals surface area contributed by atoms with Crippen molar-refractivity contribution in [3.05, 3.63) is 0 Å². The quantitative estimate of drug-likeness (QED) is 0.422. The van der Waals surface area contributed by atoms with E-state index in [1.165, 1.54) is 45.4 Å². The van der Waals surface area contributed by atoms with Gasteiger partial charge in [0.2, 0.25) is 0 Å². The van der Waals surface area contributed by atoms with E-state index in [0.29, 0.717) is 0 Å². The van der Waals surface area contributed by atoms with Gasteiger partial charge in [0.15, 0.2) is 0 Å². The van der Waals surface area contributed by atoms with Gasteiger partial charge in [0.05, 0.1) is 6.61 Å². The Morgan fingerprint density at radius 1 is 1.12 bits per heavy atom. The minimum atomic E-state index is -4.17. The Balaban J connectivity index is 0. The number of unbranched alkanes of at least 4 members (excludes halogenated alkanes) is 2. The Morgan fingerprint density at radius 2 is 1.71 bits per heavy atom. The van der Waals surface area contributed by atoms with Crippen LogP contribution in [0.4, 0.5) is 0 Å². The lowest BCUT2D eigenvalue weighted by molar-refractivity contribution is 0.283. The van der Waals surface area contributed by atoms with Gasteiger partial charge in [0, 0.05) is 0 Å². The van der Waals surface area contributed by atoms with E-state index in [9.17, 15) is 8.42 Å². The zero-order valence-corrected chi connectivity index (χ0v) is 13.2. The first-order valence-electron chi connectivity index (χ1n) is 6.24. The summed E-state index contributed by atoms with van der Waals surface area (Å²) in [5.74, 6) is 0. The molecule has 0 rings (SSSR count). The largest absolute Gasteiger partial charge is 0.397 e. The minimum absolute atomic E-state index is 0.0289. The lowest BCUT2D eigenvalue weighted by Gasteiger charge is -2.07. The molecule has 0 aromatic heterocycles. The van der Waals surface area contributed by atoms with Crippen LogP contribution in [0.1, 0.15) is 59.3 Å². The Bertz CT molecular complexity index is 242. The molecule has 0 amide bonds. The van der Waals surface area contributed by atoms with Crippen LogP contribution >= 0.6 is 9.24 Å². The highest BCUT2D eigenvalue weighted by Gasteiger charge is 1.98. The van der Waals surface area contributed by atoms with Crippen molar-refractivity contribution < 1.29 is 17.2 Å². The second kappa shape index (κ2) is 12.7. The highest BCUT2D eigenvalue weighted by molar-refractivity contribution is 7.80. The van der Waals surface area contributed by atoms with Gasteiger partial charge in [-0.2, -0.15) is 8.42 Å². The van der Waals surface area contributed by atoms with Gasteiger partial charge in [-0.1, -0.05) is 39.5 Å². The summed E-state index contributed by atoms with van der Waals surface area (Å²) < 4.78 is 30.7. The number of rotatable bonds is 8. The van der Waals surface area contributed by atoms with E-state index in [2.05, 4.69) is 27.3 Å². The fourth-order valence-electron chi connectivity index (χ4n) is 1.32. The lowest BCUT2D eigenvalue weighted by Crippen LogP contribution is -2.01. The zero-order valence-electron chi connectivity index (χ0n) is 11.2. The maximum atomic E-state index is 9.56. The summed E-state index contributed by atoms with van der Waals surface area (Å²) in [5, 5.41) is 0. The molecule has 0 bridgehead atoms. The molecule has 0 spiro atoms. The van der Waals surface area contributed by atoms with E-state index in [1.807, 2.05) is 0 Å². The molecule has 0 aromatic carbocycles. The molecule has 0 aliphatic carbocycles. The van der Waals surface area contributed by atoms with Crippen molar-refractivity contribution in [2.75, 3.05) is 6.61 Å². The molecule has 106 valence electrons. The Morgan fingerprint density at radius 3 is 2.00 bits per heavy atom. The van der Waals surface area contributed by atoms with Crippen molar-refractivity contribution in [2.45, 2.75) is 65.0 Å². The summed E-state index contributed by atoms with van der Waals surface area (Å²) in [7, 11) is -1.22. The van der Waals surface area contributed by atoms with Gasteiger partial charge in [0.1, 0.15) is 0 Å². The number of hydrogen-bond donors (Lipinski definition) is 1. The molecule has 6 heteroatoms. The third-order valence-electron chi connectivity index (χ3n) is 2.10. The fourth-order valence-corrected chi connectivity index (χ4v) is 2.19. The van der Waals surface area contributed by atoms with E-state index in [1.54, 1.807) is 0 Å². The van der Waals surface area contributed by atoms with Crippen LogP contribution in [0.3, 0.4) is 0 Å². The normalized spacial score (nSPS) is 12.8. The summed E-state index contributed by atoms with van der Waals surface area (Å²) in [6, 6.07) is 0. The minimum Gasteiger partial charge on any atom is -0.264 e. The molecule has 0 aromatic rings. The topological polar surface area (TPSA) is 63.6 Å². The van der Waals surface area contributed by atoms with Crippen molar-refractivity contribution >= 4 is 19.6 Å². The second-order valence-corrected chi connectivity index (χ2v) is 5.91. The molecule has 0 saturated carbocycles. The zero-order chi connectivity index (χ0) is 13.7. The van der Waals surface area contributed by atoms with Crippen LogP contribution in [0.5, 0.6) is 0 Å². The van der Waals surface area contributed by atoms with Crippen LogP contribution in [0.25, 0.3) is 0 Å². The fraction of sp³-hybridized carbons (Fsp3) is 1.00. The second-order valence-electron chi connectivity index (χ2n) is 3.88. The van der Waals surface area contributed by atoms with E-state index in [0.717, 1.165) is 5.66 Å². The van der Waals surface area contributed by atoms with Crippen molar-refractivity contribution in [2.24, 2.45) is 0 Å². The smallest absolute Gasteiger partial charge is 0.264 e. The third kappa shape index (κ3) is 22.0. The number of hydrogen-bond acceptors (Lipinski definition) is 3. The Hall–Kier alpha value is 0.300. The first-order chi connectivity index (χ1) is 7.87. The van der Waals surface area contributed by atoms with Crippen molar-refractivity contribution in [3.63, 3.8) is 0 Å². The highest BCUT2D eigenvalue weighted by Crippen LogP contribution is 2.15. The van der Waals surface area contributed by atoms with Crippen molar-refractivity contribution in [3.8, 4) is 0 Å². The van der Waals surface area contributed by atoms with E-state index in [-0.39, 0.29) is 6.61 Å². The molecule has 1 N–H and O–H groups in total. The van der Waals surface area contributed by atoms with Gasteiger partial charge in [0.25, 0.3) is 0 Å². The van der Waals surface area contributed by atoms with E-state index in [4.69, 9.17) is 4.55 Å². The van der Waals surface area contributed by atoms with Gasteiger partial charge in [-0.15, -0.1) is 9.24 Å². The maximum absolute atomic E-state index is 9.56. The molecule has 0 aliphatic heterocycles. The van der Waals surface area contributed by atoms with Gasteiger partial charge >= 0.3 is 10.4 Å². The standard InChI is InChI=1S/C9H21P.C2H6O4S/c1-3-5-6-8-9(10)7-4-2;1-2-6-7(3,4)5/h9H,3-8,10H2,1-2H3;2H2,1H3,(H,3,4,5). The molecular formula is C11H27O4PS. The maximum Gasteiger partial charge on any atom is 0.397 e. The first-order valence-corrected chi connectivity index (χ1v) is 8.27. The summed E-state index contributed by atoms with van der Waals surface area (Å²) in [4.78, 5) is 0. The SMILES string of the molecule is CCCCCC(P)CCC.CCOS(=O)(=O)O. The van der Waals surface area contributed by atoms with Crippen LogP contribution in [-0.4, -0.2) is 25.2 Å². The highest BCUT2D eigenvalue weighted by atomic mass is 32.3. The predicted molar refractivity (Wildman–Crippen MR) is 75.7 cm³/mol. The van der Waals surface area contributed by atoms with Gasteiger partial charge < -0.3 is 0 Å². The summed E-state index contributed by atoms with van der Waals surface area (Å²) in [5.41, 5.74) is 0.886. The van der Waals surface area contributed by atoms with E-state index < -0.39 is 10.4 Å². The van der Waals surface area contributed by atoms with Crippen LogP contribution in [0, 0.1) is 0 Å². The molecule has 0 heterocycles. The molecule has 0 radical (unpaired) electrons. The van der Waals surface area contributed by atoms with E-state index >= 15 is 0 Å². The van der Waals surface area contributed by atoms with Crippen LogP contribution in [-0.2, 0) is 14.6 Å². The van der Waals surface area contributed by atoms with Crippen LogP contribution in [0.15, 0.2) is 0 Å². The lowest BCUT2D eigenvalue weighted by atomic mass is 10.1. The molecule has 2 unspecified atom stereocenters. The van der Waals surface area contributed by atoms with Crippen LogP contribution < -0.4 is 0 Å². The van der Waals surface area contributed by atoms with Crippen molar-refractivity contribution in [1.82, 2.24) is 0 Å². The van der Waals surface area contributed by atoms with Crippen molar-refractivity contribution in [1.29, 1.82) is 0 Å². The summed E-state index contributed by atoms with van der Waals surface area (Å²) in [6.45, 7) is 5.96. The monoisotopic (exact) mass is 286 g/mol. The van der Waals surface area contributed by atoms with Gasteiger partial charge in [-0.25, -0.2) is 4.18 Å². The average Bonchev–Trinajstić information content (AvgIpc) is 2.17. The molecule has 17 heavy (non-hydrogen) atoms. The van der Waals surface area contributed by atoms with Crippen LogP contribution in [0.2, 0.25) is 0 Å². The predicted octanol–water partition coefficient (Wildman–Crippen LogP) is 3.44. The molecule has 2 atom stereocenters. The van der Waals surface area contributed by atoms with Gasteiger partial charge in [-0.05, 0) is 25.4 Å². The first kappa shape index (κ1) is 19.6.